The van der Waals surface area contributed by atoms with Gasteiger partial charge in [-0.3, -0.25) is 0 Å². The number of carboxylic acids is 1. The average molecular weight is 396 g/mol. The van der Waals surface area contributed by atoms with Gasteiger partial charge in [-0.05, 0) is 48.2 Å². The van der Waals surface area contributed by atoms with Gasteiger partial charge in [-0.1, -0.05) is 32.0 Å². The normalized spacial score (nSPS) is 11.7. The van der Waals surface area contributed by atoms with Crippen LogP contribution in [0, 0.1) is 6.92 Å². The van der Waals surface area contributed by atoms with Crippen LogP contribution in [0.2, 0.25) is 0 Å². The minimum absolute atomic E-state index is 0. The quantitative estimate of drug-likeness (QED) is 0.519. The summed E-state index contributed by atoms with van der Waals surface area (Å²) in [6.45, 7) is 6.17. The standard InChI is InChI=1S/C19H23NO4S2.H2/c1-13(2)15-5-7-16(8-6-15)25-11-10-20-26(23,24)17-9-4-14(3)18(12-17)19(21)22;/h4-9,12-13,20H,10-11H2,1-3H3,(H,21,22);1H. The Balaban J connectivity index is 0.00000364. The fourth-order valence-electron chi connectivity index (χ4n) is 2.38. The van der Waals surface area contributed by atoms with Crippen molar-refractivity contribution in [1.82, 2.24) is 4.72 Å². The third kappa shape index (κ3) is 5.33. The summed E-state index contributed by atoms with van der Waals surface area (Å²) in [5.74, 6) is -0.0798. The second-order valence-corrected chi connectivity index (χ2v) is 9.19. The van der Waals surface area contributed by atoms with Crippen LogP contribution >= 0.6 is 11.8 Å². The third-order valence-corrected chi connectivity index (χ3v) is 6.43. The van der Waals surface area contributed by atoms with E-state index in [1.807, 2.05) is 12.1 Å². The molecule has 0 aliphatic heterocycles. The molecule has 7 heteroatoms. The lowest BCUT2D eigenvalue weighted by molar-refractivity contribution is 0.0696. The first kappa shape index (κ1) is 20.5. The largest absolute Gasteiger partial charge is 0.478 e. The van der Waals surface area contributed by atoms with Crippen LogP contribution in [-0.2, 0) is 10.0 Å². The molecular formula is C19H25NO4S2. The van der Waals surface area contributed by atoms with Crippen LogP contribution in [0.15, 0.2) is 52.3 Å². The first-order valence-corrected chi connectivity index (χ1v) is 10.7. The Hall–Kier alpha value is -1.83. The minimum atomic E-state index is -3.73. The average Bonchev–Trinajstić information content (AvgIpc) is 2.59. The molecule has 0 spiro atoms. The molecule has 0 bridgehead atoms. The Morgan fingerprint density at radius 3 is 2.42 bits per heavy atom. The number of carboxylic acid groups (broad SMARTS) is 1. The van der Waals surface area contributed by atoms with Gasteiger partial charge in [0.25, 0.3) is 0 Å². The number of aromatic carboxylic acids is 1. The van der Waals surface area contributed by atoms with Crippen molar-refractivity contribution in [3.05, 3.63) is 59.2 Å². The molecule has 0 radical (unpaired) electrons. The molecule has 26 heavy (non-hydrogen) atoms. The number of nitrogens with one attached hydrogen (secondary N) is 1. The van der Waals surface area contributed by atoms with Gasteiger partial charge in [0.1, 0.15) is 0 Å². The Morgan fingerprint density at radius 2 is 1.85 bits per heavy atom. The van der Waals surface area contributed by atoms with Crippen molar-refractivity contribution in [2.24, 2.45) is 0 Å². The predicted molar refractivity (Wildman–Crippen MR) is 107 cm³/mol. The van der Waals surface area contributed by atoms with Crippen molar-refractivity contribution in [1.29, 1.82) is 0 Å². The Labute approximate surface area is 160 Å². The van der Waals surface area contributed by atoms with Crippen LogP contribution < -0.4 is 4.72 Å². The Morgan fingerprint density at radius 1 is 1.19 bits per heavy atom. The molecule has 0 saturated heterocycles. The monoisotopic (exact) mass is 395 g/mol. The second-order valence-electron chi connectivity index (χ2n) is 6.25. The van der Waals surface area contributed by atoms with E-state index >= 15 is 0 Å². The zero-order chi connectivity index (χ0) is 19.3. The van der Waals surface area contributed by atoms with Crippen molar-refractivity contribution < 1.29 is 19.7 Å². The molecule has 0 aromatic heterocycles. The number of hydrogen-bond donors (Lipinski definition) is 2. The van der Waals surface area contributed by atoms with Gasteiger partial charge in [0.05, 0.1) is 10.5 Å². The van der Waals surface area contributed by atoms with Crippen LogP contribution in [0.4, 0.5) is 0 Å². The number of aryl methyl sites for hydroxylation is 1. The number of sulfonamides is 1. The van der Waals surface area contributed by atoms with E-state index in [1.54, 1.807) is 18.7 Å². The number of rotatable bonds is 8. The maximum absolute atomic E-state index is 12.3. The molecule has 2 aromatic carbocycles. The maximum Gasteiger partial charge on any atom is 0.335 e. The second kappa shape index (κ2) is 8.70. The molecule has 0 aliphatic carbocycles. The van der Waals surface area contributed by atoms with Gasteiger partial charge in [-0.25, -0.2) is 17.9 Å². The van der Waals surface area contributed by atoms with Gasteiger partial charge < -0.3 is 5.11 Å². The van der Waals surface area contributed by atoms with Crippen molar-refractivity contribution >= 4 is 27.8 Å². The van der Waals surface area contributed by atoms with Crippen LogP contribution in [0.3, 0.4) is 0 Å². The molecule has 5 nitrogen and oxygen atoms in total. The highest BCUT2D eigenvalue weighted by atomic mass is 32.2. The summed E-state index contributed by atoms with van der Waals surface area (Å²) in [5.41, 5.74) is 1.79. The lowest BCUT2D eigenvalue weighted by Gasteiger charge is -2.09. The molecular weight excluding hydrogens is 370 g/mol. The zero-order valence-corrected chi connectivity index (χ0v) is 16.7. The van der Waals surface area contributed by atoms with Crippen LogP contribution in [0.25, 0.3) is 0 Å². The number of benzene rings is 2. The molecule has 0 unspecified atom stereocenters. The highest BCUT2D eigenvalue weighted by Gasteiger charge is 2.17. The lowest BCUT2D eigenvalue weighted by atomic mass is 10.0. The summed E-state index contributed by atoms with van der Waals surface area (Å²) in [4.78, 5) is 12.2. The van der Waals surface area contributed by atoms with Gasteiger partial charge in [0, 0.05) is 18.6 Å². The van der Waals surface area contributed by atoms with Crippen LogP contribution in [0.1, 0.15) is 42.7 Å². The summed E-state index contributed by atoms with van der Waals surface area (Å²) in [6.07, 6.45) is 0. The van der Waals surface area contributed by atoms with Gasteiger partial charge in [0.2, 0.25) is 10.0 Å². The minimum Gasteiger partial charge on any atom is -0.478 e. The molecule has 0 amide bonds. The van der Waals surface area contributed by atoms with Crippen molar-refractivity contribution in [2.75, 3.05) is 12.3 Å². The van der Waals surface area contributed by atoms with Gasteiger partial charge >= 0.3 is 5.97 Å². The summed E-state index contributed by atoms with van der Waals surface area (Å²) < 4.78 is 27.2. The van der Waals surface area contributed by atoms with Crippen LogP contribution in [-0.4, -0.2) is 31.8 Å². The summed E-state index contributed by atoms with van der Waals surface area (Å²) in [6, 6.07) is 12.3. The van der Waals surface area contributed by atoms with Crippen molar-refractivity contribution in [2.45, 2.75) is 36.5 Å². The van der Waals surface area contributed by atoms with Gasteiger partial charge in [-0.15, -0.1) is 11.8 Å². The molecule has 0 fully saturated rings. The van der Waals surface area contributed by atoms with E-state index in [0.29, 0.717) is 17.2 Å². The predicted octanol–water partition coefficient (Wildman–Crippen LogP) is 4.13. The lowest BCUT2D eigenvalue weighted by Crippen LogP contribution is -2.26. The maximum atomic E-state index is 12.3. The van der Waals surface area contributed by atoms with E-state index in [9.17, 15) is 13.2 Å². The molecule has 0 aliphatic rings. The van der Waals surface area contributed by atoms with E-state index in [2.05, 4.69) is 30.7 Å². The highest BCUT2D eigenvalue weighted by molar-refractivity contribution is 7.99. The van der Waals surface area contributed by atoms with Crippen molar-refractivity contribution in [3.8, 4) is 0 Å². The summed E-state index contributed by atoms with van der Waals surface area (Å²) >= 11 is 1.57. The molecule has 0 atom stereocenters. The molecule has 0 heterocycles. The van der Waals surface area contributed by atoms with E-state index < -0.39 is 16.0 Å². The smallest absolute Gasteiger partial charge is 0.335 e. The van der Waals surface area contributed by atoms with Crippen LogP contribution in [0.5, 0.6) is 0 Å². The van der Waals surface area contributed by atoms with E-state index in [-0.39, 0.29) is 18.4 Å². The zero-order valence-electron chi connectivity index (χ0n) is 15.0. The van der Waals surface area contributed by atoms with E-state index in [0.717, 1.165) is 4.90 Å². The summed E-state index contributed by atoms with van der Waals surface area (Å²) in [5, 5.41) is 9.13. The molecule has 2 N–H and O–H groups in total. The number of carbonyl (C=O) groups is 1. The van der Waals surface area contributed by atoms with Crippen molar-refractivity contribution in [3.63, 3.8) is 0 Å². The first-order chi connectivity index (χ1) is 12.2. The SMILES string of the molecule is Cc1ccc(S(=O)(=O)NCCSc2ccc(C(C)C)cc2)cc1C(=O)O.[HH]. The molecule has 142 valence electrons. The van der Waals surface area contributed by atoms with Gasteiger partial charge in [0.15, 0.2) is 0 Å². The van der Waals surface area contributed by atoms with E-state index in [4.69, 9.17) is 5.11 Å². The van der Waals surface area contributed by atoms with Gasteiger partial charge in [-0.2, -0.15) is 0 Å². The summed E-state index contributed by atoms with van der Waals surface area (Å²) in [7, 11) is -3.73. The fourth-order valence-corrected chi connectivity index (χ4v) is 4.33. The Bertz CT molecular complexity index is 881. The van der Waals surface area contributed by atoms with E-state index in [1.165, 1.54) is 23.8 Å². The Kier molecular flexibility index (Phi) is 6.86. The first-order valence-electron chi connectivity index (χ1n) is 8.27. The third-order valence-electron chi connectivity index (χ3n) is 3.96. The highest BCUT2D eigenvalue weighted by Crippen LogP contribution is 2.21. The number of hydrogen-bond acceptors (Lipinski definition) is 4. The number of thioether (sulfide) groups is 1. The molecule has 2 aromatic rings. The fraction of sp³-hybridized carbons (Fsp3) is 0.316. The topological polar surface area (TPSA) is 83.5 Å². The molecule has 2 rings (SSSR count). The molecule has 0 saturated carbocycles.